The predicted octanol–water partition coefficient (Wildman–Crippen LogP) is 2.82. The predicted molar refractivity (Wildman–Crippen MR) is 121 cm³/mol. The number of aliphatic carboxylic acids is 1. The van der Waals surface area contributed by atoms with Gasteiger partial charge in [-0.2, -0.15) is 9.90 Å². The highest BCUT2D eigenvalue weighted by Gasteiger charge is 2.28. The summed E-state index contributed by atoms with van der Waals surface area (Å²) in [4.78, 5) is 17.7. The molecule has 3 aromatic heterocycles. The molecular weight excluding hydrogens is 424 g/mol. The average molecular weight is 455 g/mol. The van der Waals surface area contributed by atoms with Gasteiger partial charge < -0.3 is 15.2 Å². The van der Waals surface area contributed by atoms with Crippen LogP contribution in [0.25, 0.3) is 11.4 Å². The fraction of sp³-hybridized carbons (Fsp3) is 0.545. The molecule has 11 heteroatoms. The Kier molecular flexibility index (Phi) is 6.85. The standard InChI is InChI=1S/C22H30N8O3/c1-4-10-30-24-13-20(27-30)23-12-18-21(26-28-29(18)3)17-8-9-19(14(2)25-17)33-16-7-5-6-15(11-16)22(31)32/h8-9,13,15-16H,4-7,10-12H2,1-3H3,(H,23,27)(H,31,32)/t15-,16-/m0/s1. The van der Waals surface area contributed by atoms with Gasteiger partial charge >= 0.3 is 5.97 Å². The SMILES string of the molecule is CCCn1ncc(NCc2c(-c3ccc(O[C@H]4CCC[C@H](C(=O)O)C4)c(C)n3)nnn2C)n1. The van der Waals surface area contributed by atoms with Crippen LogP contribution < -0.4 is 10.1 Å². The fourth-order valence-electron chi connectivity index (χ4n) is 4.09. The largest absolute Gasteiger partial charge is 0.489 e. The molecule has 0 amide bonds. The molecule has 1 aliphatic carbocycles. The molecule has 0 bridgehead atoms. The number of carboxylic acids is 1. The van der Waals surface area contributed by atoms with Gasteiger partial charge in [-0.05, 0) is 51.2 Å². The Bertz CT molecular complexity index is 1110. The number of carboxylic acid groups (broad SMARTS) is 1. The van der Waals surface area contributed by atoms with Gasteiger partial charge in [0.2, 0.25) is 0 Å². The number of hydrogen-bond acceptors (Lipinski definition) is 8. The van der Waals surface area contributed by atoms with E-state index in [1.165, 1.54) is 0 Å². The van der Waals surface area contributed by atoms with Crippen LogP contribution in [0, 0.1) is 12.8 Å². The van der Waals surface area contributed by atoms with Crippen molar-refractivity contribution in [1.82, 2.24) is 35.0 Å². The third kappa shape index (κ3) is 5.29. The summed E-state index contributed by atoms with van der Waals surface area (Å²) < 4.78 is 7.84. The Hall–Kier alpha value is -3.50. The van der Waals surface area contributed by atoms with Crippen molar-refractivity contribution in [2.45, 2.75) is 65.1 Å². The van der Waals surface area contributed by atoms with Crippen LogP contribution in [0.2, 0.25) is 0 Å². The Labute approximate surface area is 192 Å². The molecule has 0 radical (unpaired) electrons. The van der Waals surface area contributed by atoms with Gasteiger partial charge in [-0.15, -0.1) is 10.2 Å². The van der Waals surface area contributed by atoms with E-state index < -0.39 is 5.97 Å². The fourth-order valence-corrected chi connectivity index (χ4v) is 4.09. The van der Waals surface area contributed by atoms with Crippen LogP contribution in [0.4, 0.5) is 5.82 Å². The smallest absolute Gasteiger partial charge is 0.306 e. The van der Waals surface area contributed by atoms with E-state index in [0.29, 0.717) is 42.3 Å². The maximum atomic E-state index is 11.3. The number of carbonyl (C=O) groups is 1. The maximum absolute atomic E-state index is 11.3. The van der Waals surface area contributed by atoms with E-state index in [2.05, 4.69) is 32.7 Å². The van der Waals surface area contributed by atoms with Crippen LogP contribution >= 0.6 is 0 Å². The summed E-state index contributed by atoms with van der Waals surface area (Å²) in [5.41, 5.74) is 2.99. The van der Waals surface area contributed by atoms with E-state index in [1.54, 1.807) is 15.7 Å². The average Bonchev–Trinajstić information content (AvgIpc) is 3.40. The number of nitrogens with one attached hydrogen (secondary N) is 1. The zero-order valence-corrected chi connectivity index (χ0v) is 19.2. The van der Waals surface area contributed by atoms with Gasteiger partial charge in [0.1, 0.15) is 11.4 Å². The molecule has 0 spiro atoms. The zero-order chi connectivity index (χ0) is 23.4. The first-order valence-electron chi connectivity index (χ1n) is 11.3. The molecule has 1 aliphatic rings. The first kappa shape index (κ1) is 22.7. The van der Waals surface area contributed by atoms with Crippen molar-refractivity contribution in [3.8, 4) is 17.1 Å². The molecule has 0 unspecified atom stereocenters. The van der Waals surface area contributed by atoms with E-state index in [4.69, 9.17) is 9.72 Å². The van der Waals surface area contributed by atoms with Crippen LogP contribution in [-0.4, -0.2) is 52.2 Å². The molecule has 11 nitrogen and oxygen atoms in total. The number of aromatic nitrogens is 7. The summed E-state index contributed by atoms with van der Waals surface area (Å²) in [6, 6.07) is 3.75. The van der Waals surface area contributed by atoms with Crippen molar-refractivity contribution in [3.63, 3.8) is 0 Å². The van der Waals surface area contributed by atoms with Crippen LogP contribution in [-0.2, 0) is 24.9 Å². The Morgan fingerprint density at radius 3 is 2.94 bits per heavy atom. The van der Waals surface area contributed by atoms with Crippen LogP contribution in [0.15, 0.2) is 18.3 Å². The first-order valence-corrected chi connectivity index (χ1v) is 11.3. The van der Waals surface area contributed by atoms with Crippen LogP contribution in [0.3, 0.4) is 0 Å². The van der Waals surface area contributed by atoms with Crippen molar-refractivity contribution in [2.24, 2.45) is 13.0 Å². The van der Waals surface area contributed by atoms with Crippen LogP contribution in [0.1, 0.15) is 50.4 Å². The van der Waals surface area contributed by atoms with Crippen molar-refractivity contribution < 1.29 is 14.6 Å². The van der Waals surface area contributed by atoms with Crippen molar-refractivity contribution in [2.75, 3.05) is 5.32 Å². The van der Waals surface area contributed by atoms with Crippen molar-refractivity contribution in [3.05, 3.63) is 29.7 Å². The molecule has 176 valence electrons. The molecule has 0 aliphatic heterocycles. The first-order chi connectivity index (χ1) is 15.9. The third-order valence-corrected chi connectivity index (χ3v) is 5.89. The molecular formula is C22H30N8O3. The Morgan fingerprint density at radius 2 is 2.18 bits per heavy atom. The number of aryl methyl sites for hydroxylation is 3. The second-order valence-electron chi connectivity index (χ2n) is 8.41. The van der Waals surface area contributed by atoms with Gasteiger partial charge in [-0.1, -0.05) is 12.1 Å². The van der Waals surface area contributed by atoms with E-state index in [-0.39, 0.29) is 12.0 Å². The number of rotatable bonds is 9. The Balaban J connectivity index is 1.46. The van der Waals surface area contributed by atoms with Crippen molar-refractivity contribution in [1.29, 1.82) is 0 Å². The van der Waals surface area contributed by atoms with Gasteiger partial charge in [-0.25, -0.2) is 9.67 Å². The van der Waals surface area contributed by atoms with Gasteiger partial charge in [0.05, 0.1) is 48.4 Å². The van der Waals surface area contributed by atoms with Gasteiger partial charge in [-0.3, -0.25) is 4.79 Å². The highest BCUT2D eigenvalue weighted by Crippen LogP contribution is 2.30. The molecule has 0 aromatic carbocycles. The molecule has 0 saturated heterocycles. The molecule has 2 N–H and O–H groups in total. The topological polar surface area (TPSA) is 133 Å². The summed E-state index contributed by atoms with van der Waals surface area (Å²) in [5, 5.41) is 29.7. The van der Waals surface area contributed by atoms with E-state index >= 15 is 0 Å². The summed E-state index contributed by atoms with van der Waals surface area (Å²) in [6.07, 6.45) is 5.51. The van der Waals surface area contributed by atoms with E-state index in [9.17, 15) is 9.90 Å². The number of pyridine rings is 1. The molecule has 3 aromatic rings. The minimum Gasteiger partial charge on any atom is -0.489 e. The molecule has 1 saturated carbocycles. The second kappa shape index (κ2) is 9.97. The zero-order valence-electron chi connectivity index (χ0n) is 19.2. The minimum absolute atomic E-state index is 0.108. The monoisotopic (exact) mass is 454 g/mol. The molecule has 2 atom stereocenters. The van der Waals surface area contributed by atoms with Gasteiger partial charge in [0.25, 0.3) is 0 Å². The lowest BCUT2D eigenvalue weighted by molar-refractivity contribution is -0.143. The maximum Gasteiger partial charge on any atom is 0.306 e. The molecule has 4 rings (SSSR count). The third-order valence-electron chi connectivity index (χ3n) is 5.89. The quantitative estimate of drug-likeness (QED) is 0.500. The van der Waals surface area contributed by atoms with Gasteiger partial charge in [0, 0.05) is 7.05 Å². The summed E-state index contributed by atoms with van der Waals surface area (Å²) in [6.45, 7) is 5.21. The highest BCUT2D eigenvalue weighted by atomic mass is 16.5. The number of ether oxygens (including phenoxy) is 1. The lowest BCUT2D eigenvalue weighted by atomic mass is 9.87. The summed E-state index contributed by atoms with van der Waals surface area (Å²) in [5.74, 6) is 0.279. The Morgan fingerprint density at radius 1 is 1.33 bits per heavy atom. The number of anilines is 1. The van der Waals surface area contributed by atoms with Crippen LogP contribution in [0.5, 0.6) is 5.75 Å². The van der Waals surface area contributed by atoms with E-state index in [0.717, 1.165) is 37.2 Å². The summed E-state index contributed by atoms with van der Waals surface area (Å²) in [7, 11) is 1.84. The minimum atomic E-state index is -0.745. The summed E-state index contributed by atoms with van der Waals surface area (Å²) >= 11 is 0. The molecule has 1 fully saturated rings. The molecule has 3 heterocycles. The molecule has 33 heavy (non-hydrogen) atoms. The normalized spacial score (nSPS) is 18.3. The number of nitrogens with zero attached hydrogens (tertiary/aromatic N) is 7. The van der Waals surface area contributed by atoms with Crippen molar-refractivity contribution >= 4 is 11.8 Å². The van der Waals surface area contributed by atoms with E-state index in [1.807, 2.05) is 26.1 Å². The highest BCUT2D eigenvalue weighted by molar-refractivity contribution is 5.70. The lowest BCUT2D eigenvalue weighted by Crippen LogP contribution is -2.29. The lowest BCUT2D eigenvalue weighted by Gasteiger charge is -2.27. The number of hydrogen-bond donors (Lipinski definition) is 2. The second-order valence-corrected chi connectivity index (χ2v) is 8.41. The van der Waals surface area contributed by atoms with Gasteiger partial charge in [0.15, 0.2) is 5.82 Å².